The van der Waals surface area contributed by atoms with E-state index in [0.717, 1.165) is 12.0 Å². The minimum absolute atomic E-state index is 0.00000189. The fraction of sp³-hybridized carbons (Fsp3) is 0.429. The van der Waals surface area contributed by atoms with Crippen LogP contribution in [0.15, 0.2) is 24.3 Å². The summed E-state index contributed by atoms with van der Waals surface area (Å²) in [6, 6.07) is 8.03. The van der Waals surface area contributed by atoms with Gasteiger partial charge in [0.25, 0.3) is 0 Å². The SMILES string of the molecule is Cc1ccc(CC(=O)NCC2CCC(=O)N2)cc1. The first-order valence-electron chi connectivity index (χ1n) is 6.25. The lowest BCUT2D eigenvalue weighted by atomic mass is 10.1. The van der Waals surface area contributed by atoms with Gasteiger partial charge in [-0.25, -0.2) is 0 Å². The van der Waals surface area contributed by atoms with E-state index < -0.39 is 0 Å². The van der Waals surface area contributed by atoms with Crippen LogP contribution in [0.25, 0.3) is 0 Å². The highest BCUT2D eigenvalue weighted by Crippen LogP contribution is 2.06. The van der Waals surface area contributed by atoms with Gasteiger partial charge in [-0.1, -0.05) is 29.8 Å². The van der Waals surface area contributed by atoms with Gasteiger partial charge in [0.05, 0.1) is 6.42 Å². The molecular weight excluding hydrogens is 228 g/mol. The molecule has 0 aliphatic carbocycles. The maximum absolute atomic E-state index is 11.7. The predicted octanol–water partition coefficient (Wildman–Crippen LogP) is 0.932. The molecule has 0 spiro atoms. The highest BCUT2D eigenvalue weighted by Gasteiger charge is 2.20. The third-order valence-electron chi connectivity index (χ3n) is 3.12. The molecule has 18 heavy (non-hydrogen) atoms. The lowest BCUT2D eigenvalue weighted by Gasteiger charge is -2.11. The quantitative estimate of drug-likeness (QED) is 0.830. The molecule has 1 aromatic carbocycles. The van der Waals surface area contributed by atoms with E-state index >= 15 is 0 Å². The molecule has 1 fully saturated rings. The summed E-state index contributed by atoms with van der Waals surface area (Å²) in [5, 5.41) is 5.68. The number of rotatable bonds is 4. The number of amides is 2. The number of hydrogen-bond acceptors (Lipinski definition) is 2. The van der Waals surface area contributed by atoms with Gasteiger partial charge in [-0.3, -0.25) is 9.59 Å². The van der Waals surface area contributed by atoms with Gasteiger partial charge in [-0.05, 0) is 18.9 Å². The summed E-state index contributed by atoms with van der Waals surface area (Å²) in [5.74, 6) is 0.0767. The van der Waals surface area contributed by atoms with Crippen molar-refractivity contribution in [2.24, 2.45) is 0 Å². The Morgan fingerprint density at radius 3 is 2.72 bits per heavy atom. The largest absolute Gasteiger partial charge is 0.354 e. The van der Waals surface area contributed by atoms with E-state index in [1.165, 1.54) is 5.56 Å². The summed E-state index contributed by atoms with van der Waals surface area (Å²) in [4.78, 5) is 22.7. The summed E-state index contributed by atoms with van der Waals surface area (Å²) in [7, 11) is 0. The van der Waals surface area contributed by atoms with E-state index in [1.807, 2.05) is 31.2 Å². The number of carbonyl (C=O) groups is 2. The zero-order chi connectivity index (χ0) is 13.0. The van der Waals surface area contributed by atoms with Crippen LogP contribution in [0.1, 0.15) is 24.0 Å². The molecule has 2 rings (SSSR count). The van der Waals surface area contributed by atoms with E-state index in [1.54, 1.807) is 0 Å². The molecule has 0 radical (unpaired) electrons. The molecule has 1 unspecified atom stereocenters. The normalized spacial score (nSPS) is 18.5. The molecule has 0 saturated carbocycles. The fourth-order valence-electron chi connectivity index (χ4n) is 2.02. The third-order valence-corrected chi connectivity index (χ3v) is 3.12. The minimum atomic E-state index is 0.00000189. The first kappa shape index (κ1) is 12.6. The minimum Gasteiger partial charge on any atom is -0.354 e. The van der Waals surface area contributed by atoms with Crippen LogP contribution in [0.3, 0.4) is 0 Å². The maximum atomic E-state index is 11.7. The van der Waals surface area contributed by atoms with E-state index in [2.05, 4.69) is 10.6 Å². The van der Waals surface area contributed by atoms with Gasteiger partial charge in [-0.15, -0.1) is 0 Å². The lowest BCUT2D eigenvalue weighted by Crippen LogP contribution is -2.38. The lowest BCUT2D eigenvalue weighted by molar-refractivity contribution is -0.121. The fourth-order valence-corrected chi connectivity index (χ4v) is 2.02. The van der Waals surface area contributed by atoms with Crippen LogP contribution in [0, 0.1) is 6.92 Å². The summed E-state index contributed by atoms with van der Waals surface area (Å²) in [5.41, 5.74) is 2.20. The van der Waals surface area contributed by atoms with Crippen LogP contribution in [-0.2, 0) is 16.0 Å². The third kappa shape index (κ3) is 3.58. The molecule has 0 bridgehead atoms. The number of nitrogens with one attached hydrogen (secondary N) is 2. The van der Waals surface area contributed by atoms with Gasteiger partial charge in [0.2, 0.25) is 11.8 Å². The highest BCUT2D eigenvalue weighted by atomic mass is 16.2. The van der Waals surface area contributed by atoms with E-state index in [9.17, 15) is 9.59 Å². The molecule has 1 saturated heterocycles. The molecule has 4 heteroatoms. The Kier molecular flexibility index (Phi) is 3.97. The molecule has 4 nitrogen and oxygen atoms in total. The Labute approximate surface area is 107 Å². The Balaban J connectivity index is 1.75. The molecule has 1 aliphatic rings. The van der Waals surface area contributed by atoms with Crippen LogP contribution in [-0.4, -0.2) is 24.4 Å². The summed E-state index contributed by atoms with van der Waals surface area (Å²) in [6.07, 6.45) is 1.77. The molecular formula is C14H18N2O2. The van der Waals surface area contributed by atoms with Crippen LogP contribution >= 0.6 is 0 Å². The zero-order valence-corrected chi connectivity index (χ0v) is 10.5. The van der Waals surface area contributed by atoms with Crippen LogP contribution < -0.4 is 10.6 Å². The van der Waals surface area contributed by atoms with Crippen molar-refractivity contribution in [3.63, 3.8) is 0 Å². The molecule has 96 valence electrons. The van der Waals surface area contributed by atoms with Gasteiger partial charge in [-0.2, -0.15) is 0 Å². The van der Waals surface area contributed by atoms with Crippen molar-refractivity contribution in [1.29, 1.82) is 0 Å². The van der Waals surface area contributed by atoms with Crippen LogP contribution in [0.2, 0.25) is 0 Å². The Hall–Kier alpha value is -1.84. The summed E-state index contributed by atoms with van der Waals surface area (Å²) in [6.45, 7) is 2.54. The van der Waals surface area contributed by atoms with Crippen LogP contribution in [0.5, 0.6) is 0 Å². The van der Waals surface area contributed by atoms with Gasteiger partial charge in [0, 0.05) is 19.0 Å². The molecule has 1 aliphatic heterocycles. The van der Waals surface area contributed by atoms with Crippen molar-refractivity contribution in [1.82, 2.24) is 10.6 Å². The number of carbonyl (C=O) groups excluding carboxylic acids is 2. The van der Waals surface area contributed by atoms with Crippen molar-refractivity contribution in [3.8, 4) is 0 Å². The van der Waals surface area contributed by atoms with Crippen LogP contribution in [0.4, 0.5) is 0 Å². The maximum Gasteiger partial charge on any atom is 0.224 e. The van der Waals surface area contributed by atoms with Gasteiger partial charge in [0.15, 0.2) is 0 Å². The van der Waals surface area contributed by atoms with Crippen molar-refractivity contribution in [2.45, 2.75) is 32.2 Å². The first-order valence-corrected chi connectivity index (χ1v) is 6.25. The smallest absolute Gasteiger partial charge is 0.224 e. The second-order valence-electron chi connectivity index (χ2n) is 4.77. The average molecular weight is 246 g/mol. The molecule has 2 N–H and O–H groups in total. The number of benzene rings is 1. The summed E-state index contributed by atoms with van der Waals surface area (Å²) >= 11 is 0. The van der Waals surface area contributed by atoms with E-state index in [4.69, 9.17) is 0 Å². The molecule has 1 atom stereocenters. The van der Waals surface area contributed by atoms with E-state index in [0.29, 0.717) is 19.4 Å². The van der Waals surface area contributed by atoms with Gasteiger partial charge >= 0.3 is 0 Å². The second kappa shape index (κ2) is 5.67. The van der Waals surface area contributed by atoms with Crippen molar-refractivity contribution < 1.29 is 9.59 Å². The standard InChI is InChI=1S/C14H18N2O2/c1-10-2-4-11(5-3-10)8-14(18)15-9-12-6-7-13(17)16-12/h2-5,12H,6-9H2,1H3,(H,15,18)(H,16,17). The molecule has 1 heterocycles. The summed E-state index contributed by atoms with van der Waals surface area (Å²) < 4.78 is 0. The van der Waals surface area contributed by atoms with Gasteiger partial charge < -0.3 is 10.6 Å². The number of aryl methyl sites for hydroxylation is 1. The first-order chi connectivity index (χ1) is 8.63. The second-order valence-corrected chi connectivity index (χ2v) is 4.77. The highest BCUT2D eigenvalue weighted by molar-refractivity contribution is 5.80. The zero-order valence-electron chi connectivity index (χ0n) is 10.5. The van der Waals surface area contributed by atoms with Crippen molar-refractivity contribution in [3.05, 3.63) is 35.4 Å². The van der Waals surface area contributed by atoms with Gasteiger partial charge in [0.1, 0.15) is 0 Å². The van der Waals surface area contributed by atoms with Crippen molar-refractivity contribution in [2.75, 3.05) is 6.54 Å². The predicted molar refractivity (Wildman–Crippen MR) is 69.1 cm³/mol. The molecule has 0 aromatic heterocycles. The number of hydrogen-bond donors (Lipinski definition) is 2. The topological polar surface area (TPSA) is 58.2 Å². The molecule has 1 aromatic rings. The average Bonchev–Trinajstić information content (AvgIpc) is 2.76. The Bertz CT molecular complexity index is 440. The van der Waals surface area contributed by atoms with E-state index in [-0.39, 0.29) is 17.9 Å². The monoisotopic (exact) mass is 246 g/mol. The van der Waals surface area contributed by atoms with Crippen molar-refractivity contribution >= 4 is 11.8 Å². The Morgan fingerprint density at radius 2 is 2.11 bits per heavy atom. The Morgan fingerprint density at radius 1 is 1.39 bits per heavy atom. The molecule has 2 amide bonds.